The lowest BCUT2D eigenvalue weighted by atomic mass is 10.3. The number of unbranched alkanes of at least 4 members (excludes halogenated alkanes) is 1. The van der Waals surface area contributed by atoms with Crippen molar-refractivity contribution in [2.24, 2.45) is 0 Å². The Morgan fingerprint density at radius 3 is 3.00 bits per heavy atom. The van der Waals surface area contributed by atoms with E-state index < -0.39 is 6.09 Å². The van der Waals surface area contributed by atoms with Crippen LogP contribution < -0.4 is 10.1 Å². The number of fused-ring (bicyclic) bond motifs is 1. The molecule has 2 rings (SSSR count). The fourth-order valence-corrected chi connectivity index (χ4v) is 1.71. The van der Waals surface area contributed by atoms with Gasteiger partial charge in [0.2, 0.25) is 11.8 Å². The molecular weight excluding hydrogens is 264 g/mol. The van der Waals surface area contributed by atoms with Gasteiger partial charge in [-0.15, -0.1) is 0 Å². The maximum atomic E-state index is 10.8. The molecule has 2 aromatic rings. The molecule has 0 unspecified atom stereocenters. The van der Waals surface area contributed by atoms with E-state index in [4.69, 9.17) is 9.84 Å². The molecule has 0 bridgehead atoms. The van der Waals surface area contributed by atoms with E-state index in [2.05, 4.69) is 15.4 Å². The molecule has 108 valence electrons. The minimum Gasteiger partial charge on any atom is -0.478 e. The number of carboxylic acid groups (broad SMARTS) is 1. The van der Waals surface area contributed by atoms with Crippen molar-refractivity contribution in [1.29, 1.82) is 0 Å². The van der Waals surface area contributed by atoms with E-state index in [1.807, 2.05) is 6.92 Å². The summed E-state index contributed by atoms with van der Waals surface area (Å²) in [7, 11) is 0. The first-order valence-electron chi connectivity index (χ1n) is 6.27. The van der Waals surface area contributed by atoms with Crippen molar-refractivity contribution in [2.45, 2.75) is 26.4 Å². The zero-order chi connectivity index (χ0) is 14.5. The lowest BCUT2D eigenvalue weighted by Gasteiger charge is -2.09. The van der Waals surface area contributed by atoms with Crippen molar-refractivity contribution in [1.82, 2.24) is 14.6 Å². The molecule has 0 aliphatic heterocycles. The Hall–Kier alpha value is -2.35. The van der Waals surface area contributed by atoms with Crippen molar-refractivity contribution in [3.05, 3.63) is 17.8 Å². The largest absolute Gasteiger partial charge is 0.478 e. The van der Waals surface area contributed by atoms with Gasteiger partial charge in [0.25, 0.3) is 0 Å². The zero-order valence-electron chi connectivity index (χ0n) is 11.0. The second-order valence-corrected chi connectivity index (χ2v) is 4.18. The van der Waals surface area contributed by atoms with E-state index in [0.717, 1.165) is 12.8 Å². The predicted molar refractivity (Wildman–Crippen MR) is 71.0 cm³/mol. The fraction of sp³-hybridized carbons (Fsp3) is 0.417. The summed E-state index contributed by atoms with van der Waals surface area (Å²) in [6.07, 6.45) is 2.07. The third kappa shape index (κ3) is 2.97. The number of rotatable bonds is 6. The molecule has 0 saturated heterocycles. The Morgan fingerprint density at radius 2 is 2.35 bits per heavy atom. The van der Waals surface area contributed by atoms with Gasteiger partial charge in [-0.2, -0.15) is 14.6 Å². The maximum Gasteiger partial charge on any atom is 0.411 e. The van der Waals surface area contributed by atoms with Gasteiger partial charge in [0.1, 0.15) is 0 Å². The van der Waals surface area contributed by atoms with Gasteiger partial charge in [0.05, 0.1) is 24.9 Å². The Morgan fingerprint density at radius 1 is 1.55 bits per heavy atom. The van der Waals surface area contributed by atoms with Gasteiger partial charge in [-0.1, -0.05) is 13.3 Å². The van der Waals surface area contributed by atoms with Crippen LogP contribution in [0.15, 0.2) is 12.3 Å². The second-order valence-electron chi connectivity index (χ2n) is 4.18. The summed E-state index contributed by atoms with van der Waals surface area (Å²) >= 11 is 0. The van der Waals surface area contributed by atoms with Gasteiger partial charge in [0.15, 0.2) is 0 Å². The number of carbonyl (C=O) groups is 1. The highest BCUT2D eigenvalue weighted by Crippen LogP contribution is 2.20. The van der Waals surface area contributed by atoms with E-state index in [1.165, 1.54) is 10.7 Å². The highest BCUT2D eigenvalue weighted by molar-refractivity contribution is 5.81. The quantitative estimate of drug-likeness (QED) is 0.692. The van der Waals surface area contributed by atoms with Crippen LogP contribution in [0, 0.1) is 0 Å². The minimum atomic E-state index is -1.24. The van der Waals surface area contributed by atoms with Crippen molar-refractivity contribution >= 4 is 17.6 Å². The summed E-state index contributed by atoms with van der Waals surface area (Å²) in [6.45, 7) is 2.33. The van der Waals surface area contributed by atoms with Gasteiger partial charge >= 0.3 is 6.09 Å². The van der Waals surface area contributed by atoms with Crippen LogP contribution in [0.25, 0.3) is 5.52 Å². The van der Waals surface area contributed by atoms with Crippen LogP contribution in [0.4, 0.5) is 10.7 Å². The molecule has 20 heavy (non-hydrogen) atoms. The van der Waals surface area contributed by atoms with Crippen molar-refractivity contribution in [2.75, 3.05) is 11.9 Å². The first kappa shape index (κ1) is 14.1. The molecule has 0 aliphatic carbocycles. The van der Waals surface area contributed by atoms with Crippen LogP contribution in [0.3, 0.4) is 0 Å². The van der Waals surface area contributed by atoms with Gasteiger partial charge < -0.3 is 14.9 Å². The Kier molecular flexibility index (Phi) is 4.36. The summed E-state index contributed by atoms with van der Waals surface area (Å²) in [5, 5.41) is 24.2. The topological polar surface area (TPSA) is 109 Å². The third-order valence-electron chi connectivity index (χ3n) is 2.70. The molecule has 0 aromatic carbocycles. The normalized spacial score (nSPS) is 10.7. The van der Waals surface area contributed by atoms with Gasteiger partial charge in [-0.25, -0.2) is 4.79 Å². The number of aromatic nitrogens is 3. The number of anilines is 1. The Labute approximate surface area is 115 Å². The molecule has 0 spiro atoms. The SMILES string of the molecule is CCCCOc1cc2c(CO)cnn2c(NC(=O)O)n1. The lowest BCUT2D eigenvalue weighted by Crippen LogP contribution is -2.14. The van der Waals surface area contributed by atoms with Crippen LogP contribution in [0.1, 0.15) is 25.3 Å². The summed E-state index contributed by atoms with van der Waals surface area (Å²) in [6, 6.07) is 1.63. The Bertz CT molecular complexity index is 611. The van der Waals surface area contributed by atoms with E-state index in [-0.39, 0.29) is 12.6 Å². The molecular formula is C12H16N4O4. The van der Waals surface area contributed by atoms with Gasteiger partial charge in [-0.05, 0) is 6.42 Å². The second kappa shape index (κ2) is 6.20. The number of nitrogens with zero attached hydrogens (tertiary/aromatic N) is 3. The van der Waals surface area contributed by atoms with Crippen LogP contribution in [0.2, 0.25) is 0 Å². The summed E-state index contributed by atoms with van der Waals surface area (Å²) in [4.78, 5) is 14.8. The molecule has 0 saturated carbocycles. The van der Waals surface area contributed by atoms with E-state index in [1.54, 1.807) is 6.07 Å². The van der Waals surface area contributed by atoms with Crippen molar-refractivity contribution in [3.8, 4) is 5.88 Å². The number of ether oxygens (including phenoxy) is 1. The summed E-state index contributed by atoms with van der Waals surface area (Å²) < 4.78 is 6.79. The average Bonchev–Trinajstić information content (AvgIpc) is 2.81. The molecule has 1 amide bonds. The monoisotopic (exact) mass is 280 g/mol. The number of amides is 1. The van der Waals surface area contributed by atoms with E-state index in [0.29, 0.717) is 23.6 Å². The summed E-state index contributed by atoms with van der Waals surface area (Å²) in [5.41, 5.74) is 1.12. The van der Waals surface area contributed by atoms with Crippen molar-refractivity contribution < 1.29 is 19.7 Å². The third-order valence-corrected chi connectivity index (χ3v) is 2.70. The highest BCUT2D eigenvalue weighted by Gasteiger charge is 2.13. The molecule has 2 heterocycles. The first-order valence-corrected chi connectivity index (χ1v) is 6.27. The number of hydrogen-bond donors (Lipinski definition) is 3. The standard InChI is InChI=1S/C12H16N4O4/c1-2-3-4-20-10-5-9-8(7-17)6-13-16(9)11(14-10)15-12(18)19/h5-6,17H,2-4,7H2,1H3,(H,14,15)(H,18,19). The number of aliphatic hydroxyl groups excluding tert-OH is 1. The van der Waals surface area contributed by atoms with E-state index in [9.17, 15) is 9.90 Å². The Balaban J connectivity index is 2.40. The first-order chi connectivity index (χ1) is 9.65. The molecule has 0 radical (unpaired) electrons. The fourth-order valence-electron chi connectivity index (χ4n) is 1.71. The molecule has 0 fully saturated rings. The maximum absolute atomic E-state index is 10.8. The molecule has 8 nitrogen and oxygen atoms in total. The predicted octanol–water partition coefficient (Wildman–Crippen LogP) is 1.49. The number of nitrogens with one attached hydrogen (secondary N) is 1. The molecule has 3 N–H and O–H groups in total. The molecule has 8 heteroatoms. The average molecular weight is 280 g/mol. The van der Waals surface area contributed by atoms with Crippen LogP contribution in [-0.4, -0.2) is 37.5 Å². The molecule has 0 atom stereocenters. The van der Waals surface area contributed by atoms with E-state index >= 15 is 0 Å². The minimum absolute atomic E-state index is 0.0289. The van der Waals surface area contributed by atoms with Gasteiger partial charge in [-0.3, -0.25) is 5.32 Å². The van der Waals surface area contributed by atoms with Crippen LogP contribution in [-0.2, 0) is 6.61 Å². The smallest absolute Gasteiger partial charge is 0.411 e. The number of hydrogen-bond acceptors (Lipinski definition) is 5. The lowest BCUT2D eigenvalue weighted by molar-refractivity contribution is 0.209. The summed E-state index contributed by atoms with van der Waals surface area (Å²) in [5.74, 6) is 0.325. The molecule has 2 aromatic heterocycles. The van der Waals surface area contributed by atoms with Crippen LogP contribution >= 0.6 is 0 Å². The van der Waals surface area contributed by atoms with Gasteiger partial charge in [0, 0.05) is 11.6 Å². The van der Waals surface area contributed by atoms with Crippen LogP contribution in [0.5, 0.6) is 5.88 Å². The highest BCUT2D eigenvalue weighted by atomic mass is 16.5. The van der Waals surface area contributed by atoms with Crippen molar-refractivity contribution in [3.63, 3.8) is 0 Å². The number of aliphatic hydroxyl groups is 1. The molecule has 0 aliphatic rings. The zero-order valence-corrected chi connectivity index (χ0v) is 11.0.